The molecule has 0 fully saturated rings. The maximum atomic E-state index is 11.9. The Morgan fingerprint density at radius 1 is 1.21 bits per heavy atom. The third kappa shape index (κ3) is 3.03. The molecule has 2 N–H and O–H groups in total. The number of hydrogen-bond donors (Lipinski definition) is 2. The minimum atomic E-state index is -0.328. The van der Waals surface area contributed by atoms with E-state index >= 15 is 0 Å². The topological polar surface area (TPSA) is 73.1 Å². The van der Waals surface area contributed by atoms with Gasteiger partial charge in [-0.25, -0.2) is 0 Å². The van der Waals surface area contributed by atoms with Gasteiger partial charge in [0.25, 0.3) is 5.91 Å². The van der Waals surface area contributed by atoms with Gasteiger partial charge in [-0.1, -0.05) is 11.6 Å². The van der Waals surface area contributed by atoms with Crippen LogP contribution in [0, 0.1) is 11.3 Å². The minimum Gasteiger partial charge on any atom is -0.506 e. The molecule has 0 spiro atoms. The molecule has 0 bridgehead atoms. The number of carbonyl (C=O) groups excluding carboxylic acids is 1. The summed E-state index contributed by atoms with van der Waals surface area (Å²) in [5.74, 6) is -0.425. The first-order valence-electron chi connectivity index (χ1n) is 5.40. The molecule has 94 valence electrons. The standard InChI is InChI=1S/C14H9ClN2O2/c15-12-6-5-11(7-13(12)18)17-14(19)10-3-1-9(8-16)2-4-10/h1-7,18H,(H,17,19). The van der Waals surface area contributed by atoms with Gasteiger partial charge in [0, 0.05) is 17.3 Å². The molecule has 0 saturated carbocycles. The first-order chi connectivity index (χ1) is 9.10. The van der Waals surface area contributed by atoms with Crippen molar-refractivity contribution >= 4 is 23.2 Å². The summed E-state index contributed by atoms with van der Waals surface area (Å²) in [6, 6.07) is 12.7. The number of anilines is 1. The van der Waals surface area contributed by atoms with Crippen LogP contribution in [0.5, 0.6) is 5.75 Å². The van der Waals surface area contributed by atoms with E-state index in [9.17, 15) is 9.90 Å². The number of hydrogen-bond acceptors (Lipinski definition) is 3. The van der Waals surface area contributed by atoms with Gasteiger partial charge in [0.05, 0.1) is 16.7 Å². The van der Waals surface area contributed by atoms with Crippen molar-refractivity contribution in [3.05, 3.63) is 58.6 Å². The molecule has 0 aliphatic heterocycles. The highest BCUT2D eigenvalue weighted by Crippen LogP contribution is 2.26. The zero-order valence-corrected chi connectivity index (χ0v) is 10.5. The summed E-state index contributed by atoms with van der Waals surface area (Å²) < 4.78 is 0. The van der Waals surface area contributed by atoms with Crippen molar-refractivity contribution in [3.8, 4) is 11.8 Å². The predicted molar refractivity (Wildman–Crippen MR) is 72.2 cm³/mol. The number of aromatic hydroxyl groups is 1. The van der Waals surface area contributed by atoms with Crippen LogP contribution < -0.4 is 5.32 Å². The Morgan fingerprint density at radius 3 is 2.47 bits per heavy atom. The Balaban J connectivity index is 2.16. The monoisotopic (exact) mass is 272 g/mol. The maximum absolute atomic E-state index is 11.9. The molecule has 0 atom stereocenters. The summed E-state index contributed by atoms with van der Waals surface area (Å²) in [6.07, 6.45) is 0. The van der Waals surface area contributed by atoms with Crippen LogP contribution in [0.3, 0.4) is 0 Å². The number of nitrogens with zero attached hydrogens (tertiary/aromatic N) is 1. The summed E-state index contributed by atoms with van der Waals surface area (Å²) in [4.78, 5) is 11.9. The van der Waals surface area contributed by atoms with Crippen molar-refractivity contribution in [3.63, 3.8) is 0 Å². The third-order valence-electron chi connectivity index (χ3n) is 2.48. The van der Waals surface area contributed by atoms with E-state index in [1.165, 1.54) is 12.1 Å². The molecule has 0 saturated heterocycles. The lowest BCUT2D eigenvalue weighted by molar-refractivity contribution is 0.102. The Hall–Kier alpha value is -2.51. The molecule has 0 heterocycles. The molecule has 4 nitrogen and oxygen atoms in total. The van der Waals surface area contributed by atoms with Crippen LogP contribution in [0.1, 0.15) is 15.9 Å². The minimum absolute atomic E-state index is 0.0979. The Kier molecular flexibility index (Phi) is 3.69. The second-order valence-electron chi connectivity index (χ2n) is 3.81. The molecular formula is C14H9ClN2O2. The smallest absolute Gasteiger partial charge is 0.255 e. The number of benzene rings is 2. The van der Waals surface area contributed by atoms with Crippen molar-refractivity contribution in [2.24, 2.45) is 0 Å². The number of carbonyl (C=O) groups is 1. The molecule has 19 heavy (non-hydrogen) atoms. The summed E-state index contributed by atoms with van der Waals surface area (Å²) >= 11 is 5.67. The number of amides is 1. The van der Waals surface area contributed by atoms with Gasteiger partial charge in [0.2, 0.25) is 0 Å². The summed E-state index contributed by atoms with van der Waals surface area (Å²) in [7, 11) is 0. The van der Waals surface area contributed by atoms with Crippen LogP contribution in [-0.2, 0) is 0 Å². The lowest BCUT2D eigenvalue weighted by Gasteiger charge is -2.06. The number of nitriles is 1. The summed E-state index contributed by atoms with van der Waals surface area (Å²) in [5, 5.41) is 20.9. The average Bonchev–Trinajstić information content (AvgIpc) is 2.43. The fraction of sp³-hybridized carbons (Fsp3) is 0. The van der Waals surface area contributed by atoms with E-state index < -0.39 is 0 Å². The molecule has 0 unspecified atom stereocenters. The van der Waals surface area contributed by atoms with Crippen molar-refractivity contribution in [2.75, 3.05) is 5.32 Å². The summed E-state index contributed by atoms with van der Waals surface area (Å²) in [5.41, 5.74) is 1.35. The van der Waals surface area contributed by atoms with Gasteiger partial charge in [0.1, 0.15) is 5.75 Å². The fourth-order valence-electron chi connectivity index (χ4n) is 1.49. The molecule has 0 aliphatic carbocycles. The van der Waals surface area contributed by atoms with Crippen LogP contribution >= 0.6 is 11.6 Å². The normalized spacial score (nSPS) is 9.68. The predicted octanol–water partition coefficient (Wildman–Crippen LogP) is 3.17. The number of rotatable bonds is 2. The van der Waals surface area contributed by atoms with Crippen molar-refractivity contribution in [2.45, 2.75) is 0 Å². The van der Waals surface area contributed by atoms with Gasteiger partial charge in [-0.3, -0.25) is 4.79 Å². The van der Waals surface area contributed by atoms with Crippen molar-refractivity contribution < 1.29 is 9.90 Å². The van der Waals surface area contributed by atoms with E-state index in [-0.39, 0.29) is 16.7 Å². The number of phenolic OH excluding ortho intramolecular Hbond substituents is 1. The van der Waals surface area contributed by atoms with Crippen LogP contribution in [0.15, 0.2) is 42.5 Å². The Bertz CT molecular complexity index is 660. The molecule has 0 aromatic heterocycles. The van der Waals surface area contributed by atoms with Gasteiger partial charge in [-0.05, 0) is 36.4 Å². The van der Waals surface area contributed by atoms with E-state index in [1.54, 1.807) is 30.3 Å². The van der Waals surface area contributed by atoms with Crippen LogP contribution in [0.2, 0.25) is 5.02 Å². The van der Waals surface area contributed by atoms with E-state index in [4.69, 9.17) is 16.9 Å². The van der Waals surface area contributed by atoms with Gasteiger partial charge in [0.15, 0.2) is 0 Å². The van der Waals surface area contributed by atoms with E-state index in [0.717, 1.165) is 0 Å². The SMILES string of the molecule is N#Cc1ccc(C(=O)Nc2ccc(Cl)c(O)c2)cc1. The first-order valence-corrected chi connectivity index (χ1v) is 5.78. The molecule has 1 amide bonds. The number of phenols is 1. The molecule has 2 aromatic carbocycles. The average molecular weight is 273 g/mol. The van der Waals surface area contributed by atoms with E-state index in [0.29, 0.717) is 16.8 Å². The second-order valence-corrected chi connectivity index (χ2v) is 4.22. The van der Waals surface area contributed by atoms with Crippen LogP contribution in [0.25, 0.3) is 0 Å². The molecule has 5 heteroatoms. The Labute approximate surface area is 114 Å². The molecule has 2 aromatic rings. The number of halogens is 1. The van der Waals surface area contributed by atoms with E-state index in [1.807, 2.05) is 6.07 Å². The highest BCUT2D eigenvalue weighted by molar-refractivity contribution is 6.32. The van der Waals surface area contributed by atoms with Gasteiger partial charge in [-0.15, -0.1) is 0 Å². The number of nitrogens with one attached hydrogen (secondary N) is 1. The van der Waals surface area contributed by atoms with Gasteiger partial charge < -0.3 is 10.4 Å². The lowest BCUT2D eigenvalue weighted by atomic mass is 10.1. The second kappa shape index (κ2) is 5.42. The molecular weight excluding hydrogens is 264 g/mol. The molecule has 0 aliphatic rings. The zero-order valence-electron chi connectivity index (χ0n) is 9.72. The van der Waals surface area contributed by atoms with Crippen molar-refractivity contribution in [1.82, 2.24) is 0 Å². The zero-order chi connectivity index (χ0) is 13.8. The molecule has 2 rings (SSSR count). The van der Waals surface area contributed by atoms with Gasteiger partial charge >= 0.3 is 0 Å². The van der Waals surface area contributed by atoms with Crippen molar-refractivity contribution in [1.29, 1.82) is 5.26 Å². The highest BCUT2D eigenvalue weighted by atomic mass is 35.5. The fourth-order valence-corrected chi connectivity index (χ4v) is 1.61. The Morgan fingerprint density at radius 2 is 1.89 bits per heavy atom. The van der Waals surface area contributed by atoms with Crippen LogP contribution in [0.4, 0.5) is 5.69 Å². The highest BCUT2D eigenvalue weighted by Gasteiger charge is 2.07. The van der Waals surface area contributed by atoms with Crippen LogP contribution in [-0.4, -0.2) is 11.0 Å². The molecule has 0 radical (unpaired) electrons. The third-order valence-corrected chi connectivity index (χ3v) is 2.80. The quantitative estimate of drug-likeness (QED) is 0.882. The largest absolute Gasteiger partial charge is 0.506 e. The van der Waals surface area contributed by atoms with Gasteiger partial charge in [-0.2, -0.15) is 5.26 Å². The summed E-state index contributed by atoms with van der Waals surface area (Å²) in [6.45, 7) is 0. The first kappa shape index (κ1) is 12.9. The lowest BCUT2D eigenvalue weighted by Crippen LogP contribution is -2.11. The van der Waals surface area contributed by atoms with E-state index in [2.05, 4.69) is 5.32 Å². The maximum Gasteiger partial charge on any atom is 0.255 e.